The van der Waals surface area contributed by atoms with E-state index in [4.69, 9.17) is 14.0 Å². The largest absolute Gasteiger partial charge is 0.493 e. The highest BCUT2D eigenvalue weighted by atomic mass is 16.5. The van der Waals surface area contributed by atoms with Gasteiger partial charge in [-0.3, -0.25) is 4.79 Å². The van der Waals surface area contributed by atoms with E-state index in [-0.39, 0.29) is 5.56 Å². The second-order valence-corrected chi connectivity index (χ2v) is 7.26. The molecule has 4 aromatic rings. The topological polar surface area (TPSA) is 92.3 Å². The minimum Gasteiger partial charge on any atom is -0.493 e. The van der Waals surface area contributed by atoms with E-state index in [2.05, 4.69) is 15.1 Å². The molecular formula is C24H24N4O4. The number of rotatable bonds is 7. The average Bonchev–Trinajstić information content (AvgIpc) is 3.29. The molecule has 0 atom stereocenters. The molecule has 0 saturated heterocycles. The van der Waals surface area contributed by atoms with Gasteiger partial charge in [-0.2, -0.15) is 4.98 Å². The molecule has 2 aromatic carbocycles. The number of fused-ring (bicyclic) bond motifs is 1. The molecule has 0 unspecified atom stereocenters. The predicted octanol–water partition coefficient (Wildman–Crippen LogP) is 4.35. The van der Waals surface area contributed by atoms with Gasteiger partial charge in [0.05, 0.1) is 25.3 Å². The molecule has 8 heteroatoms. The quantitative estimate of drug-likeness (QED) is 0.429. The number of nitrogens with zero attached hydrogens (tertiary/aromatic N) is 4. The minimum absolute atomic E-state index is 0.0609. The van der Waals surface area contributed by atoms with Gasteiger partial charge in [0.1, 0.15) is 5.69 Å². The molecule has 2 heterocycles. The zero-order valence-corrected chi connectivity index (χ0v) is 18.5. The lowest BCUT2D eigenvalue weighted by Crippen LogP contribution is -2.24. The highest BCUT2D eigenvalue weighted by Gasteiger charge is 2.12. The Hall–Kier alpha value is -3.94. The van der Waals surface area contributed by atoms with Crippen LogP contribution in [0.4, 0.5) is 0 Å². The van der Waals surface area contributed by atoms with Crippen LogP contribution in [0.5, 0.6) is 11.5 Å². The van der Waals surface area contributed by atoms with Gasteiger partial charge < -0.3 is 18.6 Å². The fourth-order valence-electron chi connectivity index (χ4n) is 3.50. The molecule has 164 valence electrons. The number of benzene rings is 2. The maximum Gasteiger partial charge on any atom is 0.272 e. The van der Waals surface area contributed by atoms with E-state index in [9.17, 15) is 4.79 Å². The summed E-state index contributed by atoms with van der Waals surface area (Å²) in [5.74, 6) is 2.12. The molecule has 0 spiro atoms. The monoisotopic (exact) mass is 432 g/mol. The maximum atomic E-state index is 12.4. The van der Waals surface area contributed by atoms with Crippen LogP contribution >= 0.6 is 0 Å². The third-order valence-electron chi connectivity index (χ3n) is 5.08. The summed E-state index contributed by atoms with van der Waals surface area (Å²) in [5.41, 5.74) is 3.59. The summed E-state index contributed by atoms with van der Waals surface area (Å²) in [4.78, 5) is 21.4. The van der Waals surface area contributed by atoms with Crippen molar-refractivity contribution < 1.29 is 14.0 Å². The van der Waals surface area contributed by atoms with E-state index >= 15 is 0 Å². The highest BCUT2D eigenvalue weighted by Crippen LogP contribution is 2.28. The first-order chi connectivity index (χ1) is 15.5. The summed E-state index contributed by atoms with van der Waals surface area (Å²) in [5, 5.41) is 4.09. The molecule has 0 amide bonds. The van der Waals surface area contributed by atoms with Crippen LogP contribution in [-0.4, -0.2) is 33.9 Å². The number of aromatic nitrogens is 4. The van der Waals surface area contributed by atoms with E-state index in [0.29, 0.717) is 35.5 Å². The first-order valence-corrected chi connectivity index (χ1v) is 10.3. The van der Waals surface area contributed by atoms with E-state index in [0.717, 1.165) is 28.6 Å². The Bertz CT molecular complexity index is 1350. The summed E-state index contributed by atoms with van der Waals surface area (Å²) < 4.78 is 17.7. The molecule has 0 aliphatic heterocycles. The van der Waals surface area contributed by atoms with Gasteiger partial charge in [-0.15, -0.1) is 0 Å². The van der Waals surface area contributed by atoms with Crippen molar-refractivity contribution in [3.63, 3.8) is 0 Å². The summed E-state index contributed by atoms with van der Waals surface area (Å²) >= 11 is 0. The molecule has 32 heavy (non-hydrogen) atoms. The summed E-state index contributed by atoms with van der Waals surface area (Å²) in [6.45, 7) is 4.41. The van der Waals surface area contributed by atoms with Crippen LogP contribution in [0.15, 0.2) is 45.7 Å². The fourth-order valence-corrected chi connectivity index (χ4v) is 3.50. The van der Waals surface area contributed by atoms with Crippen molar-refractivity contribution >= 4 is 23.2 Å². The van der Waals surface area contributed by atoms with Gasteiger partial charge in [0, 0.05) is 18.2 Å². The average molecular weight is 432 g/mol. The molecular weight excluding hydrogens is 408 g/mol. The first-order valence-electron chi connectivity index (χ1n) is 10.3. The Morgan fingerprint density at radius 3 is 2.59 bits per heavy atom. The lowest BCUT2D eigenvalue weighted by atomic mass is 10.1. The maximum absolute atomic E-state index is 12.4. The minimum atomic E-state index is -0.0609. The van der Waals surface area contributed by atoms with Gasteiger partial charge in [-0.1, -0.05) is 18.1 Å². The van der Waals surface area contributed by atoms with Crippen LogP contribution in [0, 0.1) is 6.92 Å². The van der Waals surface area contributed by atoms with Gasteiger partial charge in [0.25, 0.3) is 11.4 Å². The highest BCUT2D eigenvalue weighted by molar-refractivity contribution is 5.80. The Kier molecular flexibility index (Phi) is 6.02. The SMILES string of the molecule is CCCn1c(=O)c(C)nc2cc(-c3noc(/C=C/c4ccc(OC)c(OC)c4)n3)ccc21. The zero-order valence-electron chi connectivity index (χ0n) is 18.5. The van der Waals surface area contributed by atoms with Crippen molar-refractivity contribution in [1.82, 2.24) is 19.7 Å². The third kappa shape index (κ3) is 4.12. The summed E-state index contributed by atoms with van der Waals surface area (Å²) in [6.07, 6.45) is 4.45. The number of methoxy groups -OCH3 is 2. The van der Waals surface area contributed by atoms with E-state index in [1.165, 1.54) is 0 Å². The van der Waals surface area contributed by atoms with Gasteiger partial charge in [-0.05, 0) is 55.3 Å². The van der Waals surface area contributed by atoms with Crippen molar-refractivity contribution in [1.29, 1.82) is 0 Å². The third-order valence-corrected chi connectivity index (χ3v) is 5.08. The van der Waals surface area contributed by atoms with Crippen LogP contribution < -0.4 is 15.0 Å². The Morgan fingerprint density at radius 2 is 1.84 bits per heavy atom. The van der Waals surface area contributed by atoms with Crippen LogP contribution in [0.3, 0.4) is 0 Å². The molecule has 0 bridgehead atoms. The van der Waals surface area contributed by atoms with E-state index in [1.807, 2.05) is 49.4 Å². The smallest absolute Gasteiger partial charge is 0.272 e. The normalized spacial score (nSPS) is 11.4. The molecule has 0 radical (unpaired) electrons. The van der Waals surface area contributed by atoms with E-state index in [1.54, 1.807) is 31.8 Å². The Labute approximate surface area is 185 Å². The van der Waals surface area contributed by atoms with Crippen molar-refractivity contribution in [2.45, 2.75) is 26.8 Å². The molecule has 0 aliphatic rings. The molecule has 0 N–H and O–H groups in total. The Morgan fingerprint density at radius 1 is 1.03 bits per heavy atom. The van der Waals surface area contributed by atoms with Crippen LogP contribution in [0.1, 0.15) is 30.5 Å². The van der Waals surface area contributed by atoms with Gasteiger partial charge in [0.2, 0.25) is 5.82 Å². The molecule has 8 nitrogen and oxygen atoms in total. The standard InChI is InChI=1S/C24H24N4O4/c1-5-12-28-19-9-8-17(14-18(19)25-15(2)24(28)29)23-26-22(32-27-23)11-7-16-6-10-20(30-3)21(13-16)31-4/h6-11,13-14H,5,12H2,1-4H3/b11-7+. The lowest BCUT2D eigenvalue weighted by molar-refractivity contribution is 0.355. The first kappa shape index (κ1) is 21.3. The summed E-state index contributed by atoms with van der Waals surface area (Å²) in [6, 6.07) is 11.2. The lowest BCUT2D eigenvalue weighted by Gasteiger charge is -2.10. The van der Waals surface area contributed by atoms with E-state index < -0.39 is 0 Å². The second kappa shape index (κ2) is 9.05. The summed E-state index contributed by atoms with van der Waals surface area (Å²) in [7, 11) is 3.19. The van der Waals surface area contributed by atoms with Gasteiger partial charge >= 0.3 is 0 Å². The molecule has 2 aromatic heterocycles. The van der Waals surface area contributed by atoms with Gasteiger partial charge in [0.15, 0.2) is 11.5 Å². The van der Waals surface area contributed by atoms with Crippen LogP contribution in [0.25, 0.3) is 34.6 Å². The van der Waals surface area contributed by atoms with Gasteiger partial charge in [-0.25, -0.2) is 4.98 Å². The second-order valence-electron chi connectivity index (χ2n) is 7.26. The van der Waals surface area contributed by atoms with Crippen LogP contribution in [-0.2, 0) is 6.54 Å². The number of ether oxygens (including phenoxy) is 2. The molecule has 0 saturated carbocycles. The van der Waals surface area contributed by atoms with Crippen molar-refractivity contribution in [3.8, 4) is 22.9 Å². The molecule has 0 aliphatic carbocycles. The number of hydrogen-bond acceptors (Lipinski definition) is 7. The molecule has 0 fully saturated rings. The number of aryl methyl sites for hydroxylation is 2. The van der Waals surface area contributed by atoms with Crippen molar-refractivity contribution in [3.05, 3.63) is 63.9 Å². The fraction of sp³-hybridized carbons (Fsp3) is 0.250. The predicted molar refractivity (Wildman–Crippen MR) is 123 cm³/mol. The van der Waals surface area contributed by atoms with Crippen LogP contribution in [0.2, 0.25) is 0 Å². The van der Waals surface area contributed by atoms with Crippen molar-refractivity contribution in [2.75, 3.05) is 14.2 Å². The zero-order chi connectivity index (χ0) is 22.7. The molecule has 4 rings (SSSR count). The van der Waals surface area contributed by atoms with Crippen molar-refractivity contribution in [2.24, 2.45) is 0 Å². The Balaban J connectivity index is 1.63. The number of hydrogen-bond donors (Lipinski definition) is 0.